The topological polar surface area (TPSA) is 35.9 Å². The Kier molecular flexibility index (Phi) is 5.72. The number of aliphatic hydroxyl groups excluding tert-OH is 1. The van der Waals surface area contributed by atoms with Crippen LogP contribution in [0.5, 0.6) is 5.75 Å². The zero-order chi connectivity index (χ0) is 16.9. The molecular weight excluding hydrogens is 300 g/mol. The van der Waals surface area contributed by atoms with E-state index in [4.69, 9.17) is 4.74 Å². The molecule has 1 atom stereocenters. The number of fused-ring (bicyclic) bond motifs is 1. The number of nitrogens with zero attached hydrogens (tertiary/aromatic N) is 2. The summed E-state index contributed by atoms with van der Waals surface area (Å²) in [5.74, 6) is 0.844. The molecule has 0 aromatic heterocycles. The molecule has 1 saturated heterocycles. The van der Waals surface area contributed by atoms with Gasteiger partial charge in [0, 0.05) is 44.2 Å². The van der Waals surface area contributed by atoms with Gasteiger partial charge >= 0.3 is 0 Å². The second-order valence-corrected chi connectivity index (χ2v) is 6.87. The molecule has 0 radical (unpaired) electrons. The van der Waals surface area contributed by atoms with Crippen LogP contribution < -0.4 is 4.74 Å². The van der Waals surface area contributed by atoms with Crippen molar-refractivity contribution in [1.82, 2.24) is 9.80 Å². The third kappa shape index (κ3) is 4.26. The van der Waals surface area contributed by atoms with E-state index in [2.05, 4.69) is 41.8 Å². The Balaban J connectivity index is 1.50. The van der Waals surface area contributed by atoms with Crippen LogP contribution in [0.4, 0.5) is 0 Å². The van der Waals surface area contributed by atoms with Gasteiger partial charge in [-0.2, -0.15) is 0 Å². The van der Waals surface area contributed by atoms with Crippen molar-refractivity contribution in [2.24, 2.45) is 0 Å². The van der Waals surface area contributed by atoms with Gasteiger partial charge in [0.1, 0.15) is 18.5 Å². The largest absolute Gasteiger partial charge is 0.490 e. The maximum Gasteiger partial charge on any atom is 0.127 e. The second-order valence-electron chi connectivity index (χ2n) is 6.87. The van der Waals surface area contributed by atoms with Crippen molar-refractivity contribution in [2.45, 2.75) is 26.0 Å². The number of β-amino-alcohol motifs (C(OH)–C–C–N with tert-alkyl or cyclic N) is 1. The number of benzene rings is 2. The maximum absolute atomic E-state index is 10.3. The summed E-state index contributed by atoms with van der Waals surface area (Å²) in [7, 11) is 0. The Bertz CT molecular complexity index is 646. The minimum atomic E-state index is -0.463. The smallest absolute Gasteiger partial charge is 0.127 e. The van der Waals surface area contributed by atoms with Crippen molar-refractivity contribution >= 4 is 10.8 Å². The summed E-state index contributed by atoms with van der Waals surface area (Å²) < 4.78 is 5.89. The molecule has 2 aromatic carbocycles. The van der Waals surface area contributed by atoms with Gasteiger partial charge in [0.05, 0.1) is 0 Å². The van der Waals surface area contributed by atoms with Gasteiger partial charge in [-0.1, -0.05) is 36.4 Å². The Morgan fingerprint density at radius 3 is 2.46 bits per heavy atom. The van der Waals surface area contributed by atoms with E-state index in [1.165, 1.54) is 0 Å². The second kappa shape index (κ2) is 7.97. The predicted octanol–water partition coefficient (Wildman–Crippen LogP) is 2.61. The Morgan fingerprint density at radius 2 is 1.71 bits per heavy atom. The number of aliphatic hydroxyl groups is 1. The van der Waals surface area contributed by atoms with Crippen molar-refractivity contribution in [2.75, 3.05) is 39.3 Å². The lowest BCUT2D eigenvalue weighted by Crippen LogP contribution is -2.51. The summed E-state index contributed by atoms with van der Waals surface area (Å²) in [6.45, 7) is 9.68. The van der Waals surface area contributed by atoms with E-state index in [9.17, 15) is 5.11 Å². The standard InChI is InChI=1S/C20H28N2O2/c1-16(2)22-12-10-21(11-13-22)14-18(23)15-24-20-9-5-7-17-6-3-4-8-19(17)20/h3-9,16,18,23H,10-15H2,1-2H3. The number of hydrogen-bond acceptors (Lipinski definition) is 4. The van der Waals surface area contributed by atoms with E-state index < -0.39 is 6.10 Å². The maximum atomic E-state index is 10.3. The third-order valence-electron chi connectivity index (χ3n) is 4.79. The Hall–Kier alpha value is -1.62. The van der Waals surface area contributed by atoms with Crippen LogP contribution in [-0.2, 0) is 0 Å². The monoisotopic (exact) mass is 328 g/mol. The van der Waals surface area contributed by atoms with Crippen molar-refractivity contribution < 1.29 is 9.84 Å². The van der Waals surface area contributed by atoms with Crippen LogP contribution in [-0.4, -0.2) is 66.4 Å². The van der Waals surface area contributed by atoms with E-state index in [1.54, 1.807) is 0 Å². The molecule has 130 valence electrons. The molecular formula is C20H28N2O2. The fourth-order valence-electron chi connectivity index (χ4n) is 3.32. The molecule has 2 aromatic rings. The summed E-state index contributed by atoms with van der Waals surface area (Å²) in [5, 5.41) is 12.6. The molecule has 0 saturated carbocycles. The van der Waals surface area contributed by atoms with Crippen molar-refractivity contribution in [1.29, 1.82) is 0 Å². The minimum absolute atomic E-state index is 0.332. The van der Waals surface area contributed by atoms with Gasteiger partial charge < -0.3 is 9.84 Å². The van der Waals surface area contributed by atoms with E-state index in [-0.39, 0.29) is 0 Å². The molecule has 1 fully saturated rings. The molecule has 4 nitrogen and oxygen atoms in total. The van der Waals surface area contributed by atoms with E-state index in [0.29, 0.717) is 19.2 Å². The third-order valence-corrected chi connectivity index (χ3v) is 4.79. The van der Waals surface area contributed by atoms with Crippen LogP contribution in [0.2, 0.25) is 0 Å². The lowest BCUT2D eigenvalue weighted by Gasteiger charge is -2.37. The molecule has 1 unspecified atom stereocenters. The molecule has 1 heterocycles. The van der Waals surface area contributed by atoms with E-state index >= 15 is 0 Å². The van der Waals surface area contributed by atoms with Crippen LogP contribution in [0, 0.1) is 0 Å². The summed E-state index contributed by atoms with van der Waals surface area (Å²) in [5.41, 5.74) is 0. The molecule has 3 rings (SSSR count). The number of rotatable bonds is 6. The normalized spacial score (nSPS) is 18.2. The van der Waals surface area contributed by atoms with Crippen LogP contribution in [0.25, 0.3) is 10.8 Å². The first-order valence-corrected chi connectivity index (χ1v) is 8.88. The fraction of sp³-hybridized carbons (Fsp3) is 0.500. The molecule has 0 amide bonds. The molecule has 0 spiro atoms. The Labute approximate surface area is 144 Å². The van der Waals surface area contributed by atoms with Gasteiger partial charge in [-0.05, 0) is 25.3 Å². The van der Waals surface area contributed by atoms with Crippen LogP contribution in [0.3, 0.4) is 0 Å². The molecule has 1 N–H and O–H groups in total. The van der Waals surface area contributed by atoms with Gasteiger partial charge in [0.2, 0.25) is 0 Å². The zero-order valence-corrected chi connectivity index (χ0v) is 14.7. The first-order chi connectivity index (χ1) is 11.6. The summed E-state index contributed by atoms with van der Waals surface area (Å²) >= 11 is 0. The molecule has 24 heavy (non-hydrogen) atoms. The molecule has 4 heteroatoms. The average molecular weight is 328 g/mol. The van der Waals surface area contributed by atoms with Crippen molar-refractivity contribution in [3.63, 3.8) is 0 Å². The SMILES string of the molecule is CC(C)N1CCN(CC(O)COc2cccc3ccccc23)CC1. The lowest BCUT2D eigenvalue weighted by molar-refractivity contribution is 0.0403. The fourth-order valence-corrected chi connectivity index (χ4v) is 3.32. The quantitative estimate of drug-likeness (QED) is 0.884. The molecule has 0 bridgehead atoms. The summed E-state index contributed by atoms with van der Waals surface area (Å²) in [4.78, 5) is 4.81. The summed E-state index contributed by atoms with van der Waals surface area (Å²) in [6, 6.07) is 14.8. The lowest BCUT2D eigenvalue weighted by atomic mass is 10.1. The highest BCUT2D eigenvalue weighted by Crippen LogP contribution is 2.25. The van der Waals surface area contributed by atoms with Crippen molar-refractivity contribution in [3.05, 3.63) is 42.5 Å². The minimum Gasteiger partial charge on any atom is -0.490 e. The van der Waals surface area contributed by atoms with Crippen LogP contribution in [0.1, 0.15) is 13.8 Å². The highest BCUT2D eigenvalue weighted by Gasteiger charge is 2.20. The highest BCUT2D eigenvalue weighted by molar-refractivity contribution is 5.88. The average Bonchev–Trinajstić information content (AvgIpc) is 2.60. The number of hydrogen-bond donors (Lipinski definition) is 1. The van der Waals surface area contributed by atoms with E-state index in [1.807, 2.05) is 24.3 Å². The van der Waals surface area contributed by atoms with E-state index in [0.717, 1.165) is 42.7 Å². The molecule has 1 aliphatic heterocycles. The van der Waals surface area contributed by atoms with Gasteiger partial charge in [-0.3, -0.25) is 9.80 Å². The first-order valence-electron chi connectivity index (χ1n) is 8.88. The van der Waals surface area contributed by atoms with Gasteiger partial charge in [0.25, 0.3) is 0 Å². The first kappa shape index (κ1) is 17.2. The predicted molar refractivity (Wildman–Crippen MR) is 98.6 cm³/mol. The number of ether oxygens (including phenoxy) is 1. The van der Waals surface area contributed by atoms with Crippen molar-refractivity contribution in [3.8, 4) is 5.75 Å². The molecule has 0 aliphatic carbocycles. The zero-order valence-electron chi connectivity index (χ0n) is 14.7. The Morgan fingerprint density at radius 1 is 1.00 bits per heavy atom. The highest BCUT2D eigenvalue weighted by atomic mass is 16.5. The summed E-state index contributed by atoms with van der Waals surface area (Å²) in [6.07, 6.45) is -0.463. The van der Waals surface area contributed by atoms with Gasteiger partial charge in [0.15, 0.2) is 0 Å². The van der Waals surface area contributed by atoms with Gasteiger partial charge in [-0.15, -0.1) is 0 Å². The number of piperazine rings is 1. The van der Waals surface area contributed by atoms with Crippen LogP contribution in [0.15, 0.2) is 42.5 Å². The van der Waals surface area contributed by atoms with Gasteiger partial charge in [-0.25, -0.2) is 0 Å². The van der Waals surface area contributed by atoms with Crippen LogP contribution >= 0.6 is 0 Å². The molecule has 1 aliphatic rings.